The van der Waals surface area contributed by atoms with Crippen molar-refractivity contribution in [3.05, 3.63) is 75.5 Å². The zero-order valence-electron chi connectivity index (χ0n) is 14.7. The van der Waals surface area contributed by atoms with Gasteiger partial charge in [0.15, 0.2) is 0 Å². The van der Waals surface area contributed by atoms with Crippen molar-refractivity contribution in [1.82, 2.24) is 4.98 Å². The van der Waals surface area contributed by atoms with Gasteiger partial charge in [-0.25, -0.2) is 0 Å². The lowest BCUT2D eigenvalue weighted by Crippen LogP contribution is -2.23. The van der Waals surface area contributed by atoms with Crippen LogP contribution < -0.4 is 20.3 Å². The molecule has 6 nitrogen and oxygen atoms in total. The van der Waals surface area contributed by atoms with Crippen LogP contribution in [0.15, 0.2) is 59.4 Å². The van der Waals surface area contributed by atoms with Gasteiger partial charge in [0.2, 0.25) is 0 Å². The van der Waals surface area contributed by atoms with Gasteiger partial charge in [0.25, 0.3) is 11.5 Å². The quantitative estimate of drug-likeness (QED) is 0.697. The Morgan fingerprint density at radius 3 is 2.37 bits per heavy atom. The summed E-state index contributed by atoms with van der Waals surface area (Å²) in [6.07, 6.45) is 0. The van der Waals surface area contributed by atoms with E-state index in [1.165, 1.54) is 20.3 Å². The fraction of sp³-hybridized carbons (Fsp3) is 0.100. The molecule has 0 radical (unpaired) electrons. The second-order valence-electron chi connectivity index (χ2n) is 5.64. The minimum absolute atomic E-state index is 0.00872. The van der Waals surface area contributed by atoms with E-state index in [0.29, 0.717) is 27.9 Å². The number of halogens is 1. The zero-order valence-corrected chi connectivity index (χ0v) is 15.5. The Kier molecular flexibility index (Phi) is 5.47. The number of aromatic nitrogens is 1. The third-order valence-corrected chi connectivity index (χ3v) is 4.22. The number of methoxy groups -OCH3 is 2. The van der Waals surface area contributed by atoms with Crippen LogP contribution in [0.25, 0.3) is 11.3 Å². The number of nitrogens with one attached hydrogen (secondary N) is 2. The molecular weight excluding hydrogens is 368 g/mol. The predicted molar refractivity (Wildman–Crippen MR) is 105 cm³/mol. The molecule has 0 atom stereocenters. The molecule has 2 N–H and O–H groups in total. The minimum atomic E-state index is -0.539. The first-order valence-corrected chi connectivity index (χ1v) is 8.42. The number of anilines is 1. The Balaban J connectivity index is 1.85. The summed E-state index contributed by atoms with van der Waals surface area (Å²) in [5, 5.41) is 3.28. The lowest BCUT2D eigenvalue weighted by Gasteiger charge is -2.11. The number of carbonyl (C=O) groups is 1. The van der Waals surface area contributed by atoms with Crippen molar-refractivity contribution >= 4 is 23.2 Å². The van der Waals surface area contributed by atoms with E-state index in [1.54, 1.807) is 48.5 Å². The maximum absolute atomic E-state index is 12.5. The third-order valence-electron chi connectivity index (χ3n) is 3.97. The second kappa shape index (κ2) is 7.97. The first kappa shape index (κ1) is 18.5. The molecule has 138 valence electrons. The number of pyridine rings is 1. The normalized spacial score (nSPS) is 10.3. The van der Waals surface area contributed by atoms with Crippen LogP contribution in [0.3, 0.4) is 0 Å². The molecule has 1 heterocycles. The van der Waals surface area contributed by atoms with E-state index in [-0.39, 0.29) is 5.56 Å². The van der Waals surface area contributed by atoms with Crippen LogP contribution in [0, 0.1) is 0 Å². The van der Waals surface area contributed by atoms with Crippen LogP contribution in [0.2, 0.25) is 5.02 Å². The number of rotatable bonds is 5. The highest BCUT2D eigenvalue weighted by molar-refractivity contribution is 6.30. The Bertz CT molecular complexity index is 1030. The van der Waals surface area contributed by atoms with Gasteiger partial charge in [0.1, 0.15) is 17.1 Å². The summed E-state index contributed by atoms with van der Waals surface area (Å²) in [6.45, 7) is 0. The van der Waals surface area contributed by atoms with E-state index in [4.69, 9.17) is 21.1 Å². The molecule has 0 unspecified atom stereocenters. The summed E-state index contributed by atoms with van der Waals surface area (Å²) in [5.41, 5.74) is 1.32. The molecule has 0 aliphatic carbocycles. The molecule has 3 aromatic rings. The number of hydrogen-bond acceptors (Lipinski definition) is 4. The lowest BCUT2D eigenvalue weighted by atomic mass is 10.1. The smallest absolute Gasteiger partial charge is 0.261 e. The molecule has 27 heavy (non-hydrogen) atoms. The summed E-state index contributed by atoms with van der Waals surface area (Å²) >= 11 is 5.87. The second-order valence-corrected chi connectivity index (χ2v) is 6.08. The molecule has 2 aromatic carbocycles. The first-order chi connectivity index (χ1) is 13.0. The number of ether oxygens (including phenoxy) is 2. The Hall–Kier alpha value is -3.25. The van der Waals surface area contributed by atoms with E-state index in [0.717, 1.165) is 5.56 Å². The van der Waals surface area contributed by atoms with Crippen LogP contribution in [0.4, 0.5) is 5.69 Å². The summed E-state index contributed by atoms with van der Waals surface area (Å²) in [5.74, 6) is 0.481. The van der Waals surface area contributed by atoms with Gasteiger partial charge in [-0.05, 0) is 42.0 Å². The third kappa shape index (κ3) is 4.12. The number of aromatic amines is 1. The van der Waals surface area contributed by atoms with Crippen LogP contribution >= 0.6 is 11.6 Å². The molecular formula is C20H17ClN2O4. The van der Waals surface area contributed by atoms with Gasteiger partial charge in [0, 0.05) is 16.8 Å². The van der Waals surface area contributed by atoms with Crippen molar-refractivity contribution in [2.75, 3.05) is 19.5 Å². The molecule has 1 amide bonds. The Labute approximate surface area is 160 Å². The van der Waals surface area contributed by atoms with Crippen molar-refractivity contribution in [3.8, 4) is 22.8 Å². The highest BCUT2D eigenvalue weighted by Gasteiger charge is 2.14. The standard InChI is InChI=1S/C20H17ClN2O4/c1-26-14-7-9-17(18(11-14)27-2)23-20(25)15-8-10-16(22-19(15)24)12-3-5-13(21)6-4-12/h3-11H,1-2H3,(H,22,24)(H,23,25). The molecule has 1 aromatic heterocycles. The first-order valence-electron chi connectivity index (χ1n) is 8.04. The van der Waals surface area contributed by atoms with Crippen molar-refractivity contribution < 1.29 is 14.3 Å². The predicted octanol–water partition coefficient (Wildman–Crippen LogP) is 3.96. The van der Waals surface area contributed by atoms with E-state index in [2.05, 4.69) is 10.3 Å². The van der Waals surface area contributed by atoms with Crippen molar-refractivity contribution in [2.24, 2.45) is 0 Å². The van der Waals surface area contributed by atoms with Gasteiger partial charge in [-0.3, -0.25) is 9.59 Å². The fourth-order valence-corrected chi connectivity index (χ4v) is 2.67. The molecule has 3 rings (SSSR count). The highest BCUT2D eigenvalue weighted by Crippen LogP contribution is 2.29. The minimum Gasteiger partial charge on any atom is -0.497 e. The number of amides is 1. The highest BCUT2D eigenvalue weighted by atomic mass is 35.5. The van der Waals surface area contributed by atoms with Crippen LogP contribution in [-0.4, -0.2) is 25.1 Å². The van der Waals surface area contributed by atoms with Gasteiger partial charge in [-0.1, -0.05) is 23.7 Å². The topological polar surface area (TPSA) is 80.4 Å². The van der Waals surface area contributed by atoms with Gasteiger partial charge in [-0.2, -0.15) is 0 Å². The van der Waals surface area contributed by atoms with Crippen molar-refractivity contribution in [2.45, 2.75) is 0 Å². The molecule has 0 aliphatic rings. The largest absolute Gasteiger partial charge is 0.497 e. The summed E-state index contributed by atoms with van der Waals surface area (Å²) in [4.78, 5) is 27.6. The molecule has 7 heteroatoms. The average Bonchev–Trinajstić information content (AvgIpc) is 2.68. The van der Waals surface area contributed by atoms with Crippen molar-refractivity contribution in [3.63, 3.8) is 0 Å². The number of benzene rings is 2. The average molecular weight is 385 g/mol. The van der Waals surface area contributed by atoms with Crippen LogP contribution in [0.5, 0.6) is 11.5 Å². The molecule has 0 saturated carbocycles. The molecule has 0 bridgehead atoms. The maximum Gasteiger partial charge on any atom is 0.261 e. The fourth-order valence-electron chi connectivity index (χ4n) is 2.54. The Morgan fingerprint density at radius 2 is 1.74 bits per heavy atom. The van der Waals surface area contributed by atoms with Crippen LogP contribution in [-0.2, 0) is 0 Å². The SMILES string of the molecule is COc1ccc(NC(=O)c2ccc(-c3ccc(Cl)cc3)[nH]c2=O)c(OC)c1. The van der Waals surface area contributed by atoms with E-state index >= 15 is 0 Å². The maximum atomic E-state index is 12.5. The number of carbonyl (C=O) groups excluding carboxylic acids is 1. The number of H-pyrrole nitrogens is 1. The summed E-state index contributed by atoms with van der Waals surface area (Å²) in [6, 6.07) is 15.2. The van der Waals surface area contributed by atoms with Gasteiger partial charge >= 0.3 is 0 Å². The van der Waals surface area contributed by atoms with Gasteiger partial charge in [-0.15, -0.1) is 0 Å². The monoisotopic (exact) mass is 384 g/mol. The van der Waals surface area contributed by atoms with E-state index in [9.17, 15) is 9.59 Å². The van der Waals surface area contributed by atoms with Crippen molar-refractivity contribution in [1.29, 1.82) is 0 Å². The number of hydrogen-bond donors (Lipinski definition) is 2. The van der Waals surface area contributed by atoms with E-state index < -0.39 is 11.5 Å². The van der Waals surface area contributed by atoms with Gasteiger partial charge < -0.3 is 19.8 Å². The molecule has 0 fully saturated rings. The van der Waals surface area contributed by atoms with Gasteiger partial charge in [0.05, 0.1) is 19.9 Å². The zero-order chi connectivity index (χ0) is 19.4. The molecule has 0 saturated heterocycles. The molecule has 0 spiro atoms. The van der Waals surface area contributed by atoms with E-state index in [1.807, 2.05) is 0 Å². The lowest BCUT2D eigenvalue weighted by molar-refractivity contribution is 0.102. The molecule has 0 aliphatic heterocycles. The Morgan fingerprint density at radius 1 is 1.00 bits per heavy atom. The summed E-state index contributed by atoms with van der Waals surface area (Å²) in [7, 11) is 3.02. The van der Waals surface area contributed by atoms with Crippen LogP contribution in [0.1, 0.15) is 10.4 Å². The summed E-state index contributed by atoms with van der Waals surface area (Å²) < 4.78 is 10.4.